The van der Waals surface area contributed by atoms with Crippen molar-refractivity contribution in [3.8, 4) is 6.07 Å². The summed E-state index contributed by atoms with van der Waals surface area (Å²) in [7, 11) is 0. The van der Waals surface area contributed by atoms with Crippen LogP contribution in [0.2, 0.25) is 5.02 Å². The topological polar surface area (TPSA) is 39.1 Å². The van der Waals surface area contributed by atoms with Crippen LogP contribution in [0, 0.1) is 11.3 Å². The Morgan fingerprint density at radius 2 is 2.24 bits per heavy atom. The normalized spacial score (nSPS) is 19.7. The zero-order valence-corrected chi connectivity index (χ0v) is 13.7. The summed E-state index contributed by atoms with van der Waals surface area (Å²) in [4.78, 5) is 2.52. The molecule has 1 aromatic rings. The summed E-state index contributed by atoms with van der Waals surface area (Å²) in [6, 6.07) is 8.84. The summed E-state index contributed by atoms with van der Waals surface area (Å²) < 4.78 is 0. The van der Waals surface area contributed by atoms with E-state index in [2.05, 4.69) is 30.1 Å². The van der Waals surface area contributed by atoms with Crippen molar-refractivity contribution in [1.82, 2.24) is 10.2 Å². The molecule has 1 aromatic carbocycles. The number of hydrogen-bond acceptors (Lipinski definition) is 3. The molecular weight excluding hydrogens is 282 g/mol. The Labute approximate surface area is 132 Å². The van der Waals surface area contributed by atoms with Crippen LogP contribution in [0.15, 0.2) is 18.2 Å². The van der Waals surface area contributed by atoms with Crippen LogP contribution in [0.25, 0.3) is 0 Å². The number of halogens is 1. The van der Waals surface area contributed by atoms with Crippen LogP contribution in [0.4, 0.5) is 0 Å². The van der Waals surface area contributed by atoms with Crippen LogP contribution in [0.5, 0.6) is 0 Å². The van der Waals surface area contributed by atoms with E-state index in [0.29, 0.717) is 22.7 Å². The SMILES string of the molecule is CC(C)NCC1CCCCN1Cc1ccc(C#N)cc1Cl. The van der Waals surface area contributed by atoms with Gasteiger partial charge in [0.1, 0.15) is 0 Å². The van der Waals surface area contributed by atoms with E-state index in [1.54, 1.807) is 6.07 Å². The Bertz CT molecular complexity index is 507. The number of likely N-dealkylation sites (tertiary alicyclic amines) is 1. The van der Waals surface area contributed by atoms with Gasteiger partial charge in [-0.25, -0.2) is 0 Å². The molecule has 0 amide bonds. The first kappa shape index (κ1) is 16.3. The molecule has 1 fully saturated rings. The van der Waals surface area contributed by atoms with Gasteiger partial charge in [0.15, 0.2) is 0 Å². The van der Waals surface area contributed by atoms with Gasteiger partial charge in [-0.2, -0.15) is 5.26 Å². The van der Waals surface area contributed by atoms with Gasteiger partial charge in [0, 0.05) is 30.2 Å². The molecule has 1 saturated heterocycles. The number of rotatable bonds is 5. The van der Waals surface area contributed by atoms with Crippen LogP contribution in [-0.2, 0) is 6.54 Å². The molecule has 0 spiro atoms. The van der Waals surface area contributed by atoms with Crippen molar-refractivity contribution in [2.75, 3.05) is 13.1 Å². The summed E-state index contributed by atoms with van der Waals surface area (Å²) >= 11 is 6.31. The maximum absolute atomic E-state index is 8.91. The van der Waals surface area contributed by atoms with E-state index in [1.165, 1.54) is 19.3 Å². The standard InChI is InChI=1S/C17H24ClN3/c1-13(2)20-11-16-5-3-4-8-21(16)12-15-7-6-14(10-19)9-17(15)18/h6-7,9,13,16,20H,3-5,8,11-12H2,1-2H3. The third kappa shape index (κ3) is 4.71. The molecule has 2 rings (SSSR count). The molecule has 21 heavy (non-hydrogen) atoms. The van der Waals surface area contributed by atoms with Gasteiger partial charge in [0.05, 0.1) is 11.6 Å². The minimum Gasteiger partial charge on any atom is -0.313 e. The Balaban J connectivity index is 2.03. The van der Waals surface area contributed by atoms with Crippen molar-refractivity contribution in [2.24, 2.45) is 0 Å². The molecule has 0 aliphatic carbocycles. The van der Waals surface area contributed by atoms with Gasteiger partial charge in [0.2, 0.25) is 0 Å². The number of nitrogens with zero attached hydrogens (tertiary/aromatic N) is 2. The first-order valence-corrected chi connectivity index (χ1v) is 8.14. The number of nitrogens with one attached hydrogen (secondary N) is 1. The van der Waals surface area contributed by atoms with Gasteiger partial charge >= 0.3 is 0 Å². The summed E-state index contributed by atoms with van der Waals surface area (Å²) in [5.74, 6) is 0. The largest absolute Gasteiger partial charge is 0.313 e. The van der Waals surface area contributed by atoms with Crippen LogP contribution < -0.4 is 5.32 Å². The van der Waals surface area contributed by atoms with Crippen LogP contribution in [0.1, 0.15) is 44.2 Å². The van der Waals surface area contributed by atoms with Gasteiger partial charge in [-0.1, -0.05) is 37.9 Å². The second-order valence-electron chi connectivity index (χ2n) is 6.10. The fraction of sp³-hybridized carbons (Fsp3) is 0.588. The number of benzene rings is 1. The highest BCUT2D eigenvalue weighted by atomic mass is 35.5. The lowest BCUT2D eigenvalue weighted by Gasteiger charge is -2.36. The fourth-order valence-electron chi connectivity index (χ4n) is 2.83. The Morgan fingerprint density at radius 3 is 2.90 bits per heavy atom. The molecular formula is C17H24ClN3. The van der Waals surface area contributed by atoms with Crippen LogP contribution >= 0.6 is 11.6 Å². The van der Waals surface area contributed by atoms with Crippen molar-refractivity contribution in [1.29, 1.82) is 5.26 Å². The Hall–Kier alpha value is -1.08. The lowest BCUT2D eigenvalue weighted by atomic mass is 10.0. The molecule has 1 N–H and O–H groups in total. The third-order valence-electron chi connectivity index (χ3n) is 4.07. The average molecular weight is 306 g/mol. The molecule has 1 atom stereocenters. The highest BCUT2D eigenvalue weighted by molar-refractivity contribution is 6.31. The second-order valence-corrected chi connectivity index (χ2v) is 6.51. The molecule has 1 unspecified atom stereocenters. The monoisotopic (exact) mass is 305 g/mol. The first-order chi connectivity index (χ1) is 10.1. The van der Waals surface area contributed by atoms with E-state index in [1.807, 2.05) is 12.1 Å². The Morgan fingerprint density at radius 1 is 1.43 bits per heavy atom. The lowest BCUT2D eigenvalue weighted by Crippen LogP contribution is -2.46. The van der Waals surface area contributed by atoms with Crippen LogP contribution in [0.3, 0.4) is 0 Å². The summed E-state index contributed by atoms with van der Waals surface area (Å²) in [5, 5.41) is 13.2. The van der Waals surface area contributed by atoms with Crippen molar-refractivity contribution in [3.05, 3.63) is 34.3 Å². The highest BCUT2D eigenvalue weighted by Gasteiger charge is 2.23. The molecule has 0 radical (unpaired) electrons. The molecule has 0 bridgehead atoms. The van der Waals surface area contributed by atoms with Crippen molar-refractivity contribution < 1.29 is 0 Å². The van der Waals surface area contributed by atoms with Gasteiger partial charge in [-0.15, -0.1) is 0 Å². The van der Waals surface area contributed by atoms with Gasteiger partial charge in [0.25, 0.3) is 0 Å². The summed E-state index contributed by atoms with van der Waals surface area (Å²) in [6.45, 7) is 7.40. The molecule has 1 aliphatic rings. The molecule has 3 nitrogen and oxygen atoms in total. The Kier molecular flexibility index (Phi) is 6.05. The van der Waals surface area contributed by atoms with E-state index in [0.717, 1.165) is 25.2 Å². The maximum Gasteiger partial charge on any atom is 0.0992 e. The number of nitriles is 1. The molecule has 1 heterocycles. The van der Waals surface area contributed by atoms with Crippen LogP contribution in [-0.4, -0.2) is 30.1 Å². The van der Waals surface area contributed by atoms with E-state index >= 15 is 0 Å². The van der Waals surface area contributed by atoms with Crippen molar-refractivity contribution in [2.45, 2.75) is 51.7 Å². The van der Waals surface area contributed by atoms with E-state index in [9.17, 15) is 0 Å². The lowest BCUT2D eigenvalue weighted by molar-refractivity contribution is 0.136. The molecule has 0 saturated carbocycles. The minimum atomic E-state index is 0.521. The number of hydrogen-bond donors (Lipinski definition) is 1. The predicted octanol–water partition coefficient (Wildman–Crippen LogP) is 3.56. The van der Waals surface area contributed by atoms with Gasteiger partial charge < -0.3 is 5.32 Å². The van der Waals surface area contributed by atoms with Crippen molar-refractivity contribution >= 4 is 11.6 Å². The van der Waals surface area contributed by atoms with Gasteiger partial charge in [-0.05, 0) is 37.1 Å². The fourth-order valence-corrected chi connectivity index (χ4v) is 3.08. The molecule has 0 aromatic heterocycles. The molecule has 4 heteroatoms. The van der Waals surface area contributed by atoms with E-state index < -0.39 is 0 Å². The third-order valence-corrected chi connectivity index (χ3v) is 4.42. The smallest absolute Gasteiger partial charge is 0.0992 e. The quantitative estimate of drug-likeness (QED) is 0.904. The summed E-state index contributed by atoms with van der Waals surface area (Å²) in [5.41, 5.74) is 1.74. The van der Waals surface area contributed by atoms with E-state index in [-0.39, 0.29) is 0 Å². The number of piperidine rings is 1. The zero-order valence-electron chi connectivity index (χ0n) is 12.9. The maximum atomic E-state index is 8.91. The first-order valence-electron chi connectivity index (χ1n) is 7.76. The van der Waals surface area contributed by atoms with Gasteiger partial charge in [-0.3, -0.25) is 4.90 Å². The zero-order chi connectivity index (χ0) is 15.2. The predicted molar refractivity (Wildman–Crippen MR) is 87.4 cm³/mol. The summed E-state index contributed by atoms with van der Waals surface area (Å²) in [6.07, 6.45) is 3.81. The van der Waals surface area contributed by atoms with Crippen molar-refractivity contribution in [3.63, 3.8) is 0 Å². The van der Waals surface area contributed by atoms with E-state index in [4.69, 9.17) is 16.9 Å². The second kappa shape index (κ2) is 7.79. The average Bonchev–Trinajstić information content (AvgIpc) is 2.48. The molecule has 1 aliphatic heterocycles. The minimum absolute atomic E-state index is 0.521. The molecule has 114 valence electrons. The highest BCUT2D eigenvalue weighted by Crippen LogP contribution is 2.24.